The van der Waals surface area contributed by atoms with Gasteiger partial charge in [-0.3, -0.25) is 14.6 Å². The zero-order chi connectivity index (χ0) is 34.7. The number of rotatable bonds is 11. The Morgan fingerprint density at radius 3 is 2.48 bits per heavy atom. The van der Waals surface area contributed by atoms with E-state index < -0.39 is 5.60 Å². The fraction of sp³-hybridized carbons (Fsp3) is 0.457. The van der Waals surface area contributed by atoms with Crippen LogP contribution >= 0.6 is 22.9 Å². The van der Waals surface area contributed by atoms with Crippen LogP contribution in [0.15, 0.2) is 48.8 Å². The highest BCUT2D eigenvalue weighted by atomic mass is 35.5. The van der Waals surface area contributed by atoms with E-state index in [2.05, 4.69) is 20.6 Å². The number of carbonyl (C=O) groups excluding carboxylic acids is 3. The molecule has 3 heterocycles. The van der Waals surface area contributed by atoms with E-state index in [0.717, 1.165) is 4.88 Å². The monoisotopic (exact) mass is 697 g/mol. The molecule has 1 saturated carbocycles. The summed E-state index contributed by atoms with van der Waals surface area (Å²) in [4.78, 5) is 48.8. The summed E-state index contributed by atoms with van der Waals surface area (Å²) in [5.74, 6) is 1.16. The Balaban J connectivity index is 0.00000255. The number of benzene rings is 1. The van der Waals surface area contributed by atoms with Gasteiger partial charge < -0.3 is 29.7 Å². The molecule has 0 spiro atoms. The predicted molar refractivity (Wildman–Crippen MR) is 187 cm³/mol. The van der Waals surface area contributed by atoms with Gasteiger partial charge in [-0.2, -0.15) is 0 Å². The van der Waals surface area contributed by atoms with Crippen molar-refractivity contribution in [1.82, 2.24) is 25.5 Å². The van der Waals surface area contributed by atoms with Crippen molar-refractivity contribution in [2.24, 2.45) is 5.92 Å². The van der Waals surface area contributed by atoms with Crippen molar-refractivity contribution in [3.05, 3.63) is 70.0 Å². The lowest BCUT2D eigenvalue weighted by Crippen LogP contribution is -2.47. The molecule has 2 N–H and O–H groups in total. The number of carbonyl (C=O) groups is 3. The number of amides is 3. The Labute approximate surface area is 291 Å². The number of nitrogens with one attached hydrogen (secondary N) is 2. The quantitative estimate of drug-likeness (QED) is 0.212. The Bertz CT molecular complexity index is 1580. The maximum Gasteiger partial charge on any atom is 0.410 e. The highest BCUT2D eigenvalue weighted by Gasteiger charge is 2.28. The summed E-state index contributed by atoms with van der Waals surface area (Å²) >= 11 is 7.72. The first-order valence-electron chi connectivity index (χ1n) is 16.3. The molecule has 0 bridgehead atoms. The average Bonchev–Trinajstić information content (AvgIpc) is 3.80. The van der Waals surface area contributed by atoms with E-state index >= 15 is 0 Å². The second-order valence-electron chi connectivity index (χ2n) is 12.2. The molecular formula is C35H44ClN5O6S. The van der Waals surface area contributed by atoms with Crippen molar-refractivity contribution in [3.8, 4) is 16.7 Å². The van der Waals surface area contributed by atoms with Gasteiger partial charge in [0.1, 0.15) is 22.8 Å². The van der Waals surface area contributed by atoms with Crippen molar-refractivity contribution in [2.45, 2.75) is 71.9 Å². The smallest absolute Gasteiger partial charge is 0.410 e. The van der Waals surface area contributed by atoms with Crippen LogP contribution in [-0.4, -0.2) is 70.7 Å². The van der Waals surface area contributed by atoms with Gasteiger partial charge in [-0.25, -0.2) is 9.78 Å². The van der Waals surface area contributed by atoms with E-state index in [-0.39, 0.29) is 36.2 Å². The fourth-order valence-electron chi connectivity index (χ4n) is 4.56. The van der Waals surface area contributed by atoms with Gasteiger partial charge >= 0.3 is 6.09 Å². The predicted octanol–water partition coefficient (Wildman–Crippen LogP) is 7.37. The van der Waals surface area contributed by atoms with Gasteiger partial charge in [0.15, 0.2) is 0 Å². The van der Waals surface area contributed by atoms with Crippen LogP contribution in [0, 0.1) is 5.92 Å². The minimum absolute atomic E-state index is 0.109. The molecule has 2 fully saturated rings. The number of piperidine rings is 1. The summed E-state index contributed by atoms with van der Waals surface area (Å²) < 4.78 is 17.0. The molecule has 0 unspecified atom stereocenters. The van der Waals surface area contributed by atoms with Crippen LogP contribution in [-0.2, 0) is 4.74 Å². The Hall–Kier alpha value is -4.16. The minimum atomic E-state index is -0.559. The topological polar surface area (TPSA) is 132 Å². The molecule has 11 nitrogen and oxygen atoms in total. The standard InChI is InChI=1S/C33H38ClN5O6S.C2H6/c1-33(2,3)45-32(42)39-15-11-23(12-16-39)38-30(41)27-17-22(10-14-35-27)29(40)36-13-4-5-25-19-37-31(46-25)44-28-9-8-24(18-26(28)34)43-20-21-6-7-21;1-2/h4-5,8-10,14,17-19,21,23H,6-7,11-13,15-16,20H2,1-3H3,(H,36,40)(H,38,41);1-2H3/b5-4+;. The summed E-state index contributed by atoms with van der Waals surface area (Å²) in [5, 5.41) is 6.66. The summed E-state index contributed by atoms with van der Waals surface area (Å²) in [6.07, 6.45) is 10.0. The molecule has 3 amide bonds. The Morgan fingerprint density at radius 1 is 1.04 bits per heavy atom. The lowest BCUT2D eigenvalue weighted by molar-refractivity contribution is 0.0199. The van der Waals surface area contributed by atoms with Gasteiger partial charge in [0.05, 0.1) is 16.5 Å². The minimum Gasteiger partial charge on any atom is -0.493 e. The van der Waals surface area contributed by atoms with E-state index in [1.807, 2.05) is 46.8 Å². The molecule has 258 valence electrons. The maximum atomic E-state index is 12.9. The number of nitrogens with zero attached hydrogens (tertiary/aromatic N) is 3. The zero-order valence-electron chi connectivity index (χ0n) is 28.1. The van der Waals surface area contributed by atoms with E-state index in [0.29, 0.717) is 65.7 Å². The lowest BCUT2D eigenvalue weighted by atomic mass is 10.0. The van der Waals surface area contributed by atoms with Gasteiger partial charge in [0, 0.05) is 49.7 Å². The number of pyridine rings is 1. The largest absolute Gasteiger partial charge is 0.493 e. The summed E-state index contributed by atoms with van der Waals surface area (Å²) in [7, 11) is 0. The van der Waals surface area contributed by atoms with Crippen LogP contribution in [0.25, 0.3) is 6.08 Å². The number of thiazole rings is 1. The van der Waals surface area contributed by atoms with Crippen molar-refractivity contribution in [2.75, 3.05) is 26.2 Å². The van der Waals surface area contributed by atoms with Gasteiger partial charge in [0.25, 0.3) is 17.0 Å². The molecule has 1 aliphatic heterocycles. The molecule has 13 heteroatoms. The van der Waals surface area contributed by atoms with Crippen LogP contribution in [0.2, 0.25) is 5.02 Å². The van der Waals surface area contributed by atoms with Crippen molar-refractivity contribution in [3.63, 3.8) is 0 Å². The molecule has 0 atom stereocenters. The highest BCUT2D eigenvalue weighted by Crippen LogP contribution is 2.35. The molecule has 3 aromatic rings. The number of hydrogen-bond donors (Lipinski definition) is 2. The third kappa shape index (κ3) is 11.5. The molecular weight excluding hydrogens is 654 g/mol. The molecule has 2 aromatic heterocycles. The van der Waals surface area contributed by atoms with Crippen LogP contribution in [0.1, 0.15) is 86.0 Å². The second kappa shape index (κ2) is 17.3. The zero-order valence-corrected chi connectivity index (χ0v) is 29.7. The third-order valence-electron chi connectivity index (χ3n) is 7.18. The molecule has 1 aliphatic carbocycles. The fourth-order valence-corrected chi connectivity index (χ4v) is 5.48. The molecule has 2 aliphatic rings. The van der Waals surface area contributed by atoms with Crippen molar-refractivity contribution < 1.29 is 28.6 Å². The molecule has 0 radical (unpaired) electrons. The summed E-state index contributed by atoms with van der Waals surface area (Å²) in [5.41, 5.74) is -0.0882. The van der Waals surface area contributed by atoms with Gasteiger partial charge in [0.2, 0.25) is 0 Å². The first kappa shape index (κ1) is 36.7. The van der Waals surface area contributed by atoms with E-state index in [9.17, 15) is 14.4 Å². The molecule has 5 rings (SSSR count). The number of ether oxygens (including phenoxy) is 3. The van der Waals surface area contributed by atoms with Gasteiger partial charge in [-0.15, -0.1) is 0 Å². The maximum absolute atomic E-state index is 12.9. The van der Waals surface area contributed by atoms with Crippen LogP contribution in [0.4, 0.5) is 4.79 Å². The number of likely N-dealkylation sites (tertiary alicyclic amines) is 1. The normalized spacial score (nSPS) is 14.9. The van der Waals surface area contributed by atoms with Crippen molar-refractivity contribution in [1.29, 1.82) is 0 Å². The number of hydrogen-bond acceptors (Lipinski definition) is 9. The first-order chi connectivity index (χ1) is 23.0. The van der Waals surface area contributed by atoms with Crippen molar-refractivity contribution >= 4 is 46.9 Å². The van der Waals surface area contributed by atoms with Gasteiger partial charge in [-0.05, 0) is 82.7 Å². The number of aromatic nitrogens is 2. The second-order valence-corrected chi connectivity index (χ2v) is 13.7. The van der Waals surface area contributed by atoms with Crippen LogP contribution < -0.4 is 20.1 Å². The summed E-state index contributed by atoms with van der Waals surface area (Å²) in [6.45, 7) is 11.4. The van der Waals surface area contributed by atoms with Crippen LogP contribution in [0.5, 0.6) is 16.7 Å². The lowest BCUT2D eigenvalue weighted by Gasteiger charge is -2.33. The summed E-state index contributed by atoms with van der Waals surface area (Å²) in [6, 6.07) is 8.25. The average molecular weight is 698 g/mol. The van der Waals surface area contributed by atoms with E-state index in [4.69, 9.17) is 25.8 Å². The first-order valence-corrected chi connectivity index (χ1v) is 17.5. The van der Waals surface area contributed by atoms with Gasteiger partial charge in [-0.1, -0.05) is 42.9 Å². The Morgan fingerprint density at radius 2 is 1.79 bits per heavy atom. The van der Waals surface area contributed by atoms with E-state index in [1.165, 1.54) is 36.4 Å². The van der Waals surface area contributed by atoms with E-state index in [1.54, 1.807) is 35.4 Å². The van der Waals surface area contributed by atoms with Crippen LogP contribution in [0.3, 0.4) is 0 Å². The SMILES string of the molecule is CC.CC(C)(C)OC(=O)N1CCC(NC(=O)c2cc(C(=O)NC/C=C/c3cnc(Oc4ccc(OCC5CC5)cc4Cl)s3)ccn2)CC1. The molecule has 1 saturated heterocycles. The third-order valence-corrected chi connectivity index (χ3v) is 8.32. The number of halogens is 1. The highest BCUT2D eigenvalue weighted by molar-refractivity contribution is 7.14. The molecule has 48 heavy (non-hydrogen) atoms. The molecule has 1 aromatic carbocycles. The Kier molecular flexibility index (Phi) is 13.2.